The maximum Gasteiger partial charge on any atom is 0.365 e. The molecule has 2 N–H and O–H groups in total. The number of H-pyrrole nitrogens is 1. The summed E-state index contributed by atoms with van der Waals surface area (Å²) in [6.07, 6.45) is 2.95. The largest absolute Gasteiger partial charge is 0.393 e. The van der Waals surface area contributed by atoms with Crippen LogP contribution < -0.4 is 5.69 Å². The minimum atomic E-state index is -0.424. The number of tetrazole rings is 1. The fourth-order valence-corrected chi connectivity index (χ4v) is 3.74. The van der Waals surface area contributed by atoms with Gasteiger partial charge in [0.05, 0.1) is 11.8 Å². The fraction of sp³-hybridized carbons (Fsp3) is 0.467. The van der Waals surface area contributed by atoms with E-state index in [9.17, 15) is 14.7 Å². The van der Waals surface area contributed by atoms with Crippen LogP contribution in [0.2, 0.25) is 0 Å². The number of nitrogens with one attached hydrogen (secondary N) is 1. The number of piperidine rings is 1. The van der Waals surface area contributed by atoms with Crippen LogP contribution in [0.15, 0.2) is 29.1 Å². The molecule has 2 saturated heterocycles. The van der Waals surface area contributed by atoms with Gasteiger partial charge in [-0.15, -0.1) is 0 Å². The van der Waals surface area contributed by atoms with Crippen molar-refractivity contribution in [2.24, 2.45) is 0 Å². The number of benzene rings is 1. The number of hydrogen-bond donors (Lipinski definition) is 2. The number of fused-ring (bicyclic) bond motifs is 2. The molecule has 4 rings (SSSR count). The van der Waals surface area contributed by atoms with Gasteiger partial charge in [0.1, 0.15) is 0 Å². The third kappa shape index (κ3) is 2.35. The lowest BCUT2D eigenvalue weighted by Crippen LogP contribution is -2.48. The molecule has 1 amide bonds. The molecular formula is C15H17N5O3. The van der Waals surface area contributed by atoms with Crippen LogP contribution in [0, 0.1) is 0 Å². The highest BCUT2D eigenvalue weighted by molar-refractivity contribution is 5.95. The first kappa shape index (κ1) is 14.1. The number of carbonyl (C=O) groups excluding carboxylic acids is 1. The van der Waals surface area contributed by atoms with Crippen LogP contribution in [0.4, 0.5) is 0 Å². The molecule has 2 aromatic rings. The zero-order chi connectivity index (χ0) is 16.0. The summed E-state index contributed by atoms with van der Waals surface area (Å²) in [7, 11) is 0. The lowest BCUT2D eigenvalue weighted by atomic mass is 9.98. The van der Waals surface area contributed by atoms with Gasteiger partial charge in [-0.25, -0.2) is 9.89 Å². The van der Waals surface area contributed by atoms with E-state index in [0.29, 0.717) is 24.1 Å². The van der Waals surface area contributed by atoms with Crippen LogP contribution in [0.5, 0.6) is 0 Å². The number of aromatic nitrogens is 4. The van der Waals surface area contributed by atoms with Crippen molar-refractivity contribution in [3.05, 3.63) is 40.3 Å². The monoisotopic (exact) mass is 315 g/mol. The minimum Gasteiger partial charge on any atom is -0.393 e. The summed E-state index contributed by atoms with van der Waals surface area (Å²) in [5.41, 5.74) is 0.711. The Bertz CT molecular complexity index is 767. The number of aliphatic hydroxyl groups is 1. The van der Waals surface area contributed by atoms with Crippen molar-refractivity contribution in [1.29, 1.82) is 0 Å². The van der Waals surface area contributed by atoms with Gasteiger partial charge in [-0.3, -0.25) is 4.79 Å². The van der Waals surface area contributed by atoms with Gasteiger partial charge in [0.25, 0.3) is 5.91 Å². The van der Waals surface area contributed by atoms with Crippen LogP contribution in [-0.2, 0) is 0 Å². The number of nitrogens with zero attached hydrogens (tertiary/aromatic N) is 4. The Morgan fingerprint density at radius 3 is 2.39 bits per heavy atom. The van der Waals surface area contributed by atoms with Gasteiger partial charge in [-0.2, -0.15) is 4.68 Å². The molecule has 2 bridgehead atoms. The molecule has 0 saturated carbocycles. The zero-order valence-corrected chi connectivity index (χ0v) is 12.4. The van der Waals surface area contributed by atoms with Gasteiger partial charge in [0, 0.05) is 17.6 Å². The lowest BCUT2D eigenvalue weighted by Gasteiger charge is -2.37. The second kappa shape index (κ2) is 5.31. The summed E-state index contributed by atoms with van der Waals surface area (Å²) in [5.74, 6) is -0.0107. The van der Waals surface area contributed by atoms with Crippen molar-refractivity contribution < 1.29 is 9.90 Å². The quantitative estimate of drug-likeness (QED) is 0.817. The number of carbonyl (C=O) groups is 1. The lowest BCUT2D eigenvalue weighted by molar-refractivity contribution is 0.0287. The first-order valence-electron chi connectivity index (χ1n) is 7.75. The Hall–Kier alpha value is -2.48. The van der Waals surface area contributed by atoms with E-state index in [-0.39, 0.29) is 24.1 Å². The maximum absolute atomic E-state index is 12.8. The Morgan fingerprint density at radius 1 is 1.17 bits per heavy atom. The Kier molecular flexibility index (Phi) is 3.26. The van der Waals surface area contributed by atoms with Gasteiger partial charge in [0.2, 0.25) is 0 Å². The number of aromatic amines is 1. The molecular weight excluding hydrogens is 298 g/mol. The van der Waals surface area contributed by atoms with E-state index in [1.54, 1.807) is 24.3 Å². The van der Waals surface area contributed by atoms with E-state index >= 15 is 0 Å². The summed E-state index contributed by atoms with van der Waals surface area (Å²) >= 11 is 0. The van der Waals surface area contributed by atoms with Crippen LogP contribution >= 0.6 is 0 Å². The van der Waals surface area contributed by atoms with Crippen LogP contribution in [0.3, 0.4) is 0 Å². The molecule has 0 radical (unpaired) electrons. The molecule has 2 fully saturated rings. The smallest absolute Gasteiger partial charge is 0.365 e. The molecule has 2 aliphatic rings. The molecule has 23 heavy (non-hydrogen) atoms. The van der Waals surface area contributed by atoms with Crippen molar-refractivity contribution in [1.82, 2.24) is 25.1 Å². The molecule has 0 aliphatic carbocycles. The van der Waals surface area contributed by atoms with E-state index in [2.05, 4.69) is 15.5 Å². The van der Waals surface area contributed by atoms with Gasteiger partial charge in [0.15, 0.2) is 0 Å². The molecule has 3 heterocycles. The van der Waals surface area contributed by atoms with E-state index in [0.717, 1.165) is 17.5 Å². The molecule has 8 heteroatoms. The normalized spacial score (nSPS) is 26.5. The number of aliphatic hydroxyl groups excluding tert-OH is 1. The average Bonchev–Trinajstić information content (AvgIpc) is 3.08. The topological polar surface area (TPSA) is 104 Å². The Balaban J connectivity index is 1.58. The predicted molar refractivity (Wildman–Crippen MR) is 80.2 cm³/mol. The van der Waals surface area contributed by atoms with Gasteiger partial charge >= 0.3 is 5.69 Å². The second-order valence-corrected chi connectivity index (χ2v) is 6.19. The third-order valence-corrected chi connectivity index (χ3v) is 4.77. The summed E-state index contributed by atoms with van der Waals surface area (Å²) in [5, 5.41) is 19.2. The molecule has 1 aromatic heterocycles. The van der Waals surface area contributed by atoms with E-state index < -0.39 is 5.69 Å². The zero-order valence-electron chi connectivity index (χ0n) is 12.4. The van der Waals surface area contributed by atoms with Crippen LogP contribution in [0.25, 0.3) is 5.69 Å². The molecule has 2 aliphatic heterocycles. The predicted octanol–water partition coefficient (Wildman–Crippen LogP) is 0.0835. The summed E-state index contributed by atoms with van der Waals surface area (Å²) < 4.78 is 1.13. The van der Waals surface area contributed by atoms with Gasteiger partial charge in [-0.1, -0.05) is 0 Å². The summed E-state index contributed by atoms with van der Waals surface area (Å²) in [4.78, 5) is 26.2. The molecule has 120 valence electrons. The highest BCUT2D eigenvalue weighted by Crippen LogP contribution is 2.36. The van der Waals surface area contributed by atoms with Crippen molar-refractivity contribution >= 4 is 5.91 Å². The number of amides is 1. The van der Waals surface area contributed by atoms with E-state index in [1.165, 1.54) is 0 Å². The van der Waals surface area contributed by atoms with Gasteiger partial charge in [-0.05, 0) is 60.4 Å². The van der Waals surface area contributed by atoms with Crippen LogP contribution in [0.1, 0.15) is 36.0 Å². The van der Waals surface area contributed by atoms with Crippen LogP contribution in [-0.4, -0.2) is 54.3 Å². The summed E-state index contributed by atoms with van der Waals surface area (Å²) in [6, 6.07) is 7.02. The Labute approximate surface area is 131 Å². The maximum atomic E-state index is 12.8. The standard InChI is InChI=1S/C15H17N5O3/c21-13-7-11-5-6-12(8-13)19(11)14(22)9-1-3-10(4-2-9)20-15(23)16-17-18-20/h1-4,11-13,21H,5-8H2,(H,16,18,23)/t11-,12+,13?. The highest BCUT2D eigenvalue weighted by atomic mass is 16.3. The molecule has 0 spiro atoms. The first-order valence-corrected chi connectivity index (χ1v) is 7.75. The summed E-state index contributed by atoms with van der Waals surface area (Å²) in [6.45, 7) is 0. The van der Waals surface area contributed by atoms with E-state index in [4.69, 9.17) is 0 Å². The average molecular weight is 315 g/mol. The second-order valence-electron chi connectivity index (χ2n) is 6.19. The van der Waals surface area contributed by atoms with Crippen molar-refractivity contribution in [2.45, 2.75) is 43.9 Å². The number of hydrogen-bond acceptors (Lipinski definition) is 5. The highest BCUT2D eigenvalue weighted by Gasteiger charge is 2.42. The van der Waals surface area contributed by atoms with E-state index in [1.807, 2.05) is 4.90 Å². The minimum absolute atomic E-state index is 0.0107. The number of rotatable bonds is 2. The fourth-order valence-electron chi connectivity index (χ4n) is 3.74. The van der Waals surface area contributed by atoms with Gasteiger partial charge < -0.3 is 10.0 Å². The Morgan fingerprint density at radius 2 is 1.83 bits per heavy atom. The van der Waals surface area contributed by atoms with Crippen molar-refractivity contribution in [3.8, 4) is 5.69 Å². The third-order valence-electron chi connectivity index (χ3n) is 4.77. The molecule has 1 unspecified atom stereocenters. The molecule has 8 nitrogen and oxygen atoms in total. The SMILES string of the molecule is O=C(c1ccc(-n2nn[nH]c2=O)cc1)N1[C@@H]2CC[C@H]1CC(O)C2. The molecule has 1 aromatic carbocycles. The molecule has 3 atom stereocenters. The van der Waals surface area contributed by atoms with Crippen molar-refractivity contribution in [2.75, 3.05) is 0 Å². The van der Waals surface area contributed by atoms with Crippen molar-refractivity contribution in [3.63, 3.8) is 0 Å². The first-order chi connectivity index (χ1) is 11.1.